The first-order valence-corrected chi connectivity index (χ1v) is 3.93. The van der Waals surface area contributed by atoms with E-state index in [4.69, 9.17) is 26.8 Å². The van der Waals surface area contributed by atoms with E-state index >= 15 is 0 Å². The fourth-order valence-electron chi connectivity index (χ4n) is 0.329. The van der Waals surface area contributed by atoms with Gasteiger partial charge in [-0.1, -0.05) is 0 Å². The summed E-state index contributed by atoms with van der Waals surface area (Å²) in [7, 11) is 1.41. The molecule has 7 N–H and O–H groups in total. The molecule has 0 spiro atoms. The lowest BCUT2D eigenvalue weighted by Gasteiger charge is -2.01. The predicted octanol–water partition coefficient (Wildman–Crippen LogP) is -2.56. The molecule has 0 aliphatic heterocycles. The van der Waals surface area contributed by atoms with Crippen molar-refractivity contribution in [3.8, 4) is 0 Å². The monoisotopic (exact) mass is 224 g/mol. The van der Waals surface area contributed by atoms with E-state index in [-0.39, 0.29) is 6.61 Å². The summed E-state index contributed by atoms with van der Waals surface area (Å²) in [6, 6.07) is -2.01. The number of carboxylic acids is 2. The number of rotatable bonds is 5. The first-order valence-electron chi connectivity index (χ1n) is 3.93. The molecular weight excluding hydrogens is 208 g/mol. The van der Waals surface area contributed by atoms with Gasteiger partial charge in [0.05, 0.1) is 13.2 Å². The van der Waals surface area contributed by atoms with Gasteiger partial charge in [-0.3, -0.25) is 9.59 Å². The second-order valence-electron chi connectivity index (χ2n) is 2.53. The number of aliphatic hydroxyl groups is 1. The number of aliphatic hydroxyl groups excluding tert-OH is 1. The molecule has 0 fully saturated rings. The van der Waals surface area contributed by atoms with Gasteiger partial charge in [-0.15, -0.1) is 0 Å². The van der Waals surface area contributed by atoms with Crippen molar-refractivity contribution in [3.05, 3.63) is 0 Å². The molecule has 90 valence electrons. The molecule has 0 rings (SSSR count). The number of ether oxygens (including phenoxy) is 1. The van der Waals surface area contributed by atoms with Crippen LogP contribution in [-0.2, 0) is 14.3 Å². The van der Waals surface area contributed by atoms with Crippen LogP contribution in [0.3, 0.4) is 0 Å². The topological polar surface area (TPSA) is 156 Å². The maximum absolute atomic E-state index is 9.88. The Hall–Kier alpha value is -1.22. The normalized spacial score (nSPS) is 13.3. The number of aliphatic carboxylic acids is 2. The molecule has 0 bridgehead atoms. The lowest BCUT2D eigenvalue weighted by Crippen LogP contribution is -2.34. The molecule has 0 aliphatic carbocycles. The van der Waals surface area contributed by atoms with Gasteiger partial charge in [0, 0.05) is 7.11 Å². The van der Waals surface area contributed by atoms with E-state index in [0.29, 0.717) is 0 Å². The number of carboxylic acid groups (broad SMARTS) is 2. The summed E-state index contributed by atoms with van der Waals surface area (Å²) in [6.45, 7) is -0.440. The Balaban J connectivity index is 0. The number of nitrogens with two attached hydrogens (primary N) is 2. The Morgan fingerprint density at radius 3 is 1.67 bits per heavy atom. The Morgan fingerprint density at radius 1 is 1.20 bits per heavy atom. The van der Waals surface area contributed by atoms with Crippen LogP contribution in [0.1, 0.15) is 0 Å². The van der Waals surface area contributed by atoms with Gasteiger partial charge in [-0.2, -0.15) is 0 Å². The molecule has 0 amide bonds. The zero-order chi connectivity index (χ0) is 12.4. The fraction of sp³-hybridized carbons (Fsp3) is 0.714. The van der Waals surface area contributed by atoms with Gasteiger partial charge < -0.3 is 31.5 Å². The van der Waals surface area contributed by atoms with Crippen molar-refractivity contribution < 1.29 is 29.6 Å². The first-order chi connectivity index (χ1) is 6.86. The third-order valence-corrected chi connectivity index (χ3v) is 1.18. The van der Waals surface area contributed by atoms with E-state index in [1.54, 1.807) is 0 Å². The third-order valence-electron chi connectivity index (χ3n) is 1.18. The lowest BCUT2D eigenvalue weighted by atomic mass is 10.3. The zero-order valence-corrected chi connectivity index (χ0v) is 8.29. The van der Waals surface area contributed by atoms with Crippen molar-refractivity contribution in [1.29, 1.82) is 0 Å². The number of hydrogen-bond donors (Lipinski definition) is 5. The molecule has 0 aromatic carbocycles. The van der Waals surface area contributed by atoms with Crippen molar-refractivity contribution in [1.82, 2.24) is 0 Å². The molecule has 8 heteroatoms. The SMILES string of the molecule is COC[C@@H](N)C(=O)O.N[C@H](CO)C(=O)O. The lowest BCUT2D eigenvalue weighted by molar-refractivity contribution is -0.140. The van der Waals surface area contributed by atoms with E-state index in [1.807, 2.05) is 0 Å². The van der Waals surface area contributed by atoms with Crippen molar-refractivity contribution >= 4 is 11.9 Å². The van der Waals surface area contributed by atoms with E-state index < -0.39 is 30.6 Å². The summed E-state index contributed by atoms with van der Waals surface area (Å²) in [5, 5.41) is 24.0. The second-order valence-corrected chi connectivity index (χ2v) is 2.53. The van der Waals surface area contributed by atoms with Crippen LogP contribution in [0.5, 0.6) is 0 Å². The molecule has 0 unspecified atom stereocenters. The summed E-state index contributed by atoms with van der Waals surface area (Å²) in [5.74, 6) is -2.21. The minimum atomic E-state index is -1.18. The van der Waals surface area contributed by atoms with Gasteiger partial charge in [0.15, 0.2) is 0 Å². The van der Waals surface area contributed by atoms with Crippen LogP contribution >= 0.6 is 0 Å². The molecule has 8 nitrogen and oxygen atoms in total. The Bertz CT molecular complexity index is 198. The van der Waals surface area contributed by atoms with E-state index in [1.165, 1.54) is 7.11 Å². The maximum atomic E-state index is 9.88. The van der Waals surface area contributed by atoms with Crippen LogP contribution in [0.15, 0.2) is 0 Å². The Morgan fingerprint density at radius 2 is 1.60 bits per heavy atom. The Kier molecular flexibility index (Phi) is 10.1. The minimum absolute atomic E-state index is 0.0648. The highest BCUT2D eigenvalue weighted by molar-refractivity contribution is 5.73. The van der Waals surface area contributed by atoms with Crippen LogP contribution in [0.25, 0.3) is 0 Å². The highest BCUT2D eigenvalue weighted by Crippen LogP contribution is 1.76. The summed E-state index contributed by atoms with van der Waals surface area (Å²) >= 11 is 0. The molecule has 0 saturated carbocycles. The first kappa shape index (κ1) is 16.2. The number of carbonyl (C=O) groups is 2. The molecule has 0 heterocycles. The zero-order valence-electron chi connectivity index (χ0n) is 8.29. The van der Waals surface area contributed by atoms with Crippen LogP contribution in [0.4, 0.5) is 0 Å². The molecule has 0 saturated heterocycles. The van der Waals surface area contributed by atoms with E-state index in [2.05, 4.69) is 4.74 Å². The van der Waals surface area contributed by atoms with Crippen LogP contribution in [-0.4, -0.2) is 59.7 Å². The molecule has 2 atom stereocenters. The molecule has 15 heavy (non-hydrogen) atoms. The summed E-state index contributed by atoms with van der Waals surface area (Å²) in [6.07, 6.45) is 0. The van der Waals surface area contributed by atoms with Gasteiger partial charge in [0.2, 0.25) is 0 Å². The van der Waals surface area contributed by atoms with Crippen molar-refractivity contribution in [2.75, 3.05) is 20.3 Å². The van der Waals surface area contributed by atoms with Gasteiger partial charge in [-0.25, -0.2) is 0 Å². The summed E-state index contributed by atoms with van der Waals surface area (Å²) in [5.41, 5.74) is 9.77. The van der Waals surface area contributed by atoms with Gasteiger partial charge in [-0.05, 0) is 0 Å². The number of hydrogen-bond acceptors (Lipinski definition) is 6. The van der Waals surface area contributed by atoms with Crippen molar-refractivity contribution in [2.45, 2.75) is 12.1 Å². The highest BCUT2D eigenvalue weighted by Gasteiger charge is 2.08. The molecule has 0 aliphatic rings. The van der Waals surface area contributed by atoms with Gasteiger partial charge >= 0.3 is 11.9 Å². The van der Waals surface area contributed by atoms with Crippen molar-refractivity contribution in [2.24, 2.45) is 11.5 Å². The van der Waals surface area contributed by atoms with Crippen LogP contribution in [0, 0.1) is 0 Å². The fourth-order valence-corrected chi connectivity index (χ4v) is 0.329. The largest absolute Gasteiger partial charge is 0.480 e. The molecule has 0 aromatic heterocycles. The molecule has 0 radical (unpaired) electrons. The third kappa shape index (κ3) is 10.7. The smallest absolute Gasteiger partial charge is 0.322 e. The summed E-state index contributed by atoms with van der Waals surface area (Å²) in [4.78, 5) is 19.5. The van der Waals surface area contributed by atoms with Crippen LogP contribution in [0.2, 0.25) is 0 Å². The Labute approximate surface area is 86.4 Å². The van der Waals surface area contributed by atoms with Crippen LogP contribution < -0.4 is 11.5 Å². The number of methoxy groups -OCH3 is 1. The second kappa shape index (κ2) is 9.34. The molecular formula is C7H16N2O6. The van der Waals surface area contributed by atoms with Crippen molar-refractivity contribution in [3.63, 3.8) is 0 Å². The predicted molar refractivity (Wildman–Crippen MR) is 50.2 cm³/mol. The standard InChI is InChI=1S/C4H9NO3.C3H7NO3/c1-8-2-3(5)4(6)7;4-2(1-5)3(6)7/h3H,2,5H2,1H3,(H,6,7);2,5H,1,4H2,(H,6,7)/t3-;2-/m11/s1. The molecule has 0 aromatic rings. The van der Waals surface area contributed by atoms with Gasteiger partial charge in [0.1, 0.15) is 12.1 Å². The minimum Gasteiger partial charge on any atom is -0.480 e. The summed E-state index contributed by atoms with van der Waals surface area (Å²) < 4.78 is 4.46. The average molecular weight is 224 g/mol. The quantitative estimate of drug-likeness (QED) is 0.341. The van der Waals surface area contributed by atoms with E-state index in [0.717, 1.165) is 0 Å². The van der Waals surface area contributed by atoms with Gasteiger partial charge in [0.25, 0.3) is 0 Å². The maximum Gasteiger partial charge on any atom is 0.322 e. The average Bonchev–Trinajstić information content (AvgIpc) is 2.17. The highest BCUT2D eigenvalue weighted by atomic mass is 16.5. The van der Waals surface area contributed by atoms with E-state index in [9.17, 15) is 9.59 Å².